The molecule has 3 N–H and O–H groups in total. The van der Waals surface area contributed by atoms with Crippen molar-refractivity contribution in [3.8, 4) is 0 Å². The Morgan fingerprint density at radius 3 is 2.75 bits per heavy atom. The summed E-state index contributed by atoms with van der Waals surface area (Å²) in [6, 6.07) is 0. The van der Waals surface area contributed by atoms with Gasteiger partial charge in [-0.3, -0.25) is 14.8 Å². The first-order valence-electron chi connectivity index (χ1n) is 4.52. The molecule has 8 heteroatoms. The van der Waals surface area contributed by atoms with Crippen molar-refractivity contribution in [1.82, 2.24) is 24.5 Å². The summed E-state index contributed by atoms with van der Waals surface area (Å²) in [6.07, 6.45) is 2.91. The SMILES string of the molecule is Cn1cc(N)c(C(=O)Nc2ncnn2C)n1. The lowest BCUT2D eigenvalue weighted by Gasteiger charge is -2.01. The lowest BCUT2D eigenvalue weighted by atomic mass is 10.3. The van der Waals surface area contributed by atoms with E-state index in [-0.39, 0.29) is 5.69 Å². The average Bonchev–Trinajstić information content (AvgIpc) is 2.74. The van der Waals surface area contributed by atoms with Gasteiger partial charge in [0.25, 0.3) is 5.91 Å². The largest absolute Gasteiger partial charge is 0.396 e. The van der Waals surface area contributed by atoms with Crippen molar-refractivity contribution in [2.24, 2.45) is 14.1 Å². The number of nitrogens with two attached hydrogens (primary N) is 1. The van der Waals surface area contributed by atoms with Crippen molar-refractivity contribution >= 4 is 17.5 Å². The number of nitrogen functional groups attached to an aromatic ring is 1. The van der Waals surface area contributed by atoms with Crippen LogP contribution in [0.4, 0.5) is 11.6 Å². The first-order valence-corrected chi connectivity index (χ1v) is 4.52. The quantitative estimate of drug-likeness (QED) is 0.703. The van der Waals surface area contributed by atoms with Gasteiger partial charge in [0.15, 0.2) is 5.69 Å². The summed E-state index contributed by atoms with van der Waals surface area (Å²) >= 11 is 0. The molecule has 2 aromatic heterocycles. The minimum absolute atomic E-state index is 0.172. The number of anilines is 2. The number of hydrogen-bond donors (Lipinski definition) is 2. The number of amides is 1. The second kappa shape index (κ2) is 3.65. The molecule has 2 aromatic rings. The Kier molecular flexibility index (Phi) is 2.31. The predicted molar refractivity (Wildman–Crippen MR) is 56.6 cm³/mol. The summed E-state index contributed by atoms with van der Waals surface area (Å²) in [5.41, 5.74) is 6.12. The van der Waals surface area contributed by atoms with Gasteiger partial charge >= 0.3 is 0 Å². The Bertz CT molecular complexity index is 526. The molecule has 0 saturated heterocycles. The van der Waals surface area contributed by atoms with Crippen molar-refractivity contribution in [2.75, 3.05) is 11.1 Å². The maximum Gasteiger partial charge on any atom is 0.280 e. The fraction of sp³-hybridized carbons (Fsp3) is 0.250. The number of carbonyl (C=O) groups excluding carboxylic acids is 1. The molecule has 2 heterocycles. The van der Waals surface area contributed by atoms with Gasteiger partial charge in [-0.2, -0.15) is 15.2 Å². The van der Waals surface area contributed by atoms with E-state index in [1.54, 1.807) is 20.3 Å². The highest BCUT2D eigenvalue weighted by atomic mass is 16.2. The minimum Gasteiger partial charge on any atom is -0.396 e. The van der Waals surface area contributed by atoms with Crippen LogP contribution in [0.5, 0.6) is 0 Å². The van der Waals surface area contributed by atoms with Crippen LogP contribution in [0, 0.1) is 0 Å². The Morgan fingerprint density at radius 1 is 1.50 bits per heavy atom. The van der Waals surface area contributed by atoms with Crippen LogP contribution < -0.4 is 11.1 Å². The van der Waals surface area contributed by atoms with Crippen LogP contribution in [0.1, 0.15) is 10.5 Å². The zero-order chi connectivity index (χ0) is 11.7. The van der Waals surface area contributed by atoms with Gasteiger partial charge in [-0.15, -0.1) is 0 Å². The number of hydrogen-bond acceptors (Lipinski definition) is 5. The van der Waals surface area contributed by atoms with Crippen LogP contribution >= 0.6 is 0 Å². The van der Waals surface area contributed by atoms with E-state index in [0.29, 0.717) is 11.6 Å². The molecule has 0 aromatic carbocycles. The van der Waals surface area contributed by atoms with Crippen molar-refractivity contribution in [3.05, 3.63) is 18.2 Å². The molecule has 0 fully saturated rings. The van der Waals surface area contributed by atoms with Crippen LogP contribution in [-0.4, -0.2) is 30.5 Å². The first kappa shape index (κ1) is 10.1. The first-order chi connectivity index (χ1) is 7.58. The van der Waals surface area contributed by atoms with E-state index in [4.69, 9.17) is 5.73 Å². The van der Waals surface area contributed by atoms with Crippen molar-refractivity contribution in [3.63, 3.8) is 0 Å². The average molecular weight is 221 g/mol. The fourth-order valence-electron chi connectivity index (χ4n) is 1.25. The highest BCUT2D eigenvalue weighted by Gasteiger charge is 2.15. The fourth-order valence-corrected chi connectivity index (χ4v) is 1.25. The maximum absolute atomic E-state index is 11.8. The van der Waals surface area contributed by atoms with Gasteiger partial charge in [-0.25, -0.2) is 4.68 Å². The lowest BCUT2D eigenvalue weighted by molar-refractivity contribution is 0.102. The van der Waals surface area contributed by atoms with Crippen molar-refractivity contribution in [1.29, 1.82) is 0 Å². The van der Waals surface area contributed by atoms with Crippen molar-refractivity contribution < 1.29 is 4.79 Å². The molecule has 0 aliphatic heterocycles. The molecule has 0 radical (unpaired) electrons. The van der Waals surface area contributed by atoms with E-state index in [1.165, 1.54) is 15.7 Å². The molecule has 0 aliphatic rings. The summed E-state index contributed by atoms with van der Waals surface area (Å²) < 4.78 is 2.91. The zero-order valence-electron chi connectivity index (χ0n) is 8.88. The molecule has 0 saturated carbocycles. The Hall–Kier alpha value is -2.38. The zero-order valence-corrected chi connectivity index (χ0v) is 8.88. The van der Waals surface area contributed by atoms with Gasteiger partial charge in [0.05, 0.1) is 5.69 Å². The molecule has 84 valence electrons. The second-order valence-corrected chi connectivity index (χ2v) is 3.27. The maximum atomic E-state index is 11.8. The summed E-state index contributed by atoms with van der Waals surface area (Å²) in [5.74, 6) is -0.0655. The van der Waals surface area contributed by atoms with E-state index < -0.39 is 5.91 Å². The van der Waals surface area contributed by atoms with Gasteiger partial charge < -0.3 is 5.73 Å². The van der Waals surface area contributed by atoms with Crippen LogP contribution in [0.25, 0.3) is 0 Å². The molecular formula is C8H11N7O. The van der Waals surface area contributed by atoms with Gasteiger partial charge in [0, 0.05) is 20.3 Å². The Labute approximate surface area is 91.1 Å². The third kappa shape index (κ3) is 1.72. The van der Waals surface area contributed by atoms with E-state index in [0.717, 1.165) is 0 Å². The van der Waals surface area contributed by atoms with Crippen LogP contribution in [0.2, 0.25) is 0 Å². The smallest absolute Gasteiger partial charge is 0.280 e. The molecule has 0 unspecified atom stereocenters. The Balaban J connectivity index is 2.21. The summed E-state index contributed by atoms with van der Waals surface area (Å²) in [6.45, 7) is 0. The van der Waals surface area contributed by atoms with E-state index in [1.807, 2.05) is 0 Å². The molecule has 0 spiro atoms. The second-order valence-electron chi connectivity index (χ2n) is 3.27. The topological polar surface area (TPSA) is 104 Å². The number of aryl methyl sites for hydroxylation is 2. The molecule has 16 heavy (non-hydrogen) atoms. The molecule has 1 amide bonds. The summed E-state index contributed by atoms with van der Waals surface area (Å²) in [4.78, 5) is 15.6. The number of aromatic nitrogens is 5. The number of rotatable bonds is 2. The highest BCUT2D eigenvalue weighted by molar-refractivity contribution is 6.05. The predicted octanol–water partition coefficient (Wildman–Crippen LogP) is -0.617. The van der Waals surface area contributed by atoms with E-state index in [2.05, 4.69) is 20.5 Å². The van der Waals surface area contributed by atoms with Crippen LogP contribution in [-0.2, 0) is 14.1 Å². The van der Waals surface area contributed by atoms with Crippen LogP contribution in [0.3, 0.4) is 0 Å². The molecule has 0 aliphatic carbocycles. The number of carbonyl (C=O) groups is 1. The van der Waals surface area contributed by atoms with Crippen LogP contribution in [0.15, 0.2) is 12.5 Å². The third-order valence-corrected chi connectivity index (χ3v) is 2.01. The number of nitrogens with one attached hydrogen (secondary N) is 1. The lowest BCUT2D eigenvalue weighted by Crippen LogP contribution is -2.17. The number of nitrogens with zero attached hydrogens (tertiary/aromatic N) is 5. The molecule has 2 rings (SSSR count). The Morgan fingerprint density at radius 2 is 2.25 bits per heavy atom. The third-order valence-electron chi connectivity index (χ3n) is 2.01. The van der Waals surface area contributed by atoms with Gasteiger partial charge in [0.2, 0.25) is 5.95 Å². The molecule has 0 bridgehead atoms. The van der Waals surface area contributed by atoms with Crippen molar-refractivity contribution in [2.45, 2.75) is 0 Å². The summed E-state index contributed by atoms with van der Waals surface area (Å²) in [7, 11) is 3.36. The van der Waals surface area contributed by atoms with E-state index >= 15 is 0 Å². The molecule has 8 nitrogen and oxygen atoms in total. The van der Waals surface area contributed by atoms with Gasteiger partial charge in [0.1, 0.15) is 6.33 Å². The normalized spacial score (nSPS) is 10.4. The van der Waals surface area contributed by atoms with Gasteiger partial charge in [-0.1, -0.05) is 0 Å². The highest BCUT2D eigenvalue weighted by Crippen LogP contribution is 2.10. The monoisotopic (exact) mass is 221 g/mol. The minimum atomic E-state index is -0.408. The van der Waals surface area contributed by atoms with Gasteiger partial charge in [-0.05, 0) is 0 Å². The molecular weight excluding hydrogens is 210 g/mol. The molecule has 0 atom stereocenters. The summed E-state index contributed by atoms with van der Waals surface area (Å²) in [5, 5.41) is 10.3. The van der Waals surface area contributed by atoms with E-state index in [9.17, 15) is 4.79 Å². The standard InChI is InChI=1S/C8H11N7O/c1-14-3-5(9)6(13-14)7(16)12-8-10-4-11-15(8)2/h3-4H,9H2,1-2H3,(H,10,11,12,16).